The molecule has 5 nitrogen and oxygen atoms in total. The van der Waals surface area contributed by atoms with Crippen LogP contribution in [0, 0.1) is 0 Å². The first-order chi connectivity index (χ1) is 9.70. The molecule has 3 N–H and O–H groups in total. The molecular formula is C15H20N2O3. The summed E-state index contributed by atoms with van der Waals surface area (Å²) in [5.74, 6) is 0. The number of pyridine rings is 1. The molecule has 0 saturated carbocycles. The third-order valence-electron chi connectivity index (χ3n) is 3.16. The molecule has 0 fully saturated rings. The lowest BCUT2D eigenvalue weighted by atomic mass is 10.1. The van der Waals surface area contributed by atoms with E-state index in [2.05, 4.69) is 10.3 Å². The fourth-order valence-electron chi connectivity index (χ4n) is 2.09. The lowest BCUT2D eigenvalue weighted by Crippen LogP contribution is -2.25. The van der Waals surface area contributed by atoms with E-state index in [1.807, 2.05) is 30.3 Å². The van der Waals surface area contributed by atoms with Gasteiger partial charge in [-0.2, -0.15) is 0 Å². The van der Waals surface area contributed by atoms with Crippen LogP contribution in [0.4, 0.5) is 0 Å². The first-order valence-corrected chi connectivity index (χ1v) is 6.69. The van der Waals surface area contributed by atoms with Crippen LogP contribution in [0.1, 0.15) is 12.0 Å². The van der Waals surface area contributed by atoms with Crippen molar-refractivity contribution in [2.75, 3.05) is 20.3 Å². The highest BCUT2D eigenvalue weighted by atomic mass is 16.5. The van der Waals surface area contributed by atoms with E-state index < -0.39 is 6.10 Å². The Balaban J connectivity index is 1.93. The zero-order valence-electron chi connectivity index (χ0n) is 11.6. The molecule has 1 heterocycles. The largest absolute Gasteiger partial charge is 0.391 e. The van der Waals surface area contributed by atoms with Crippen molar-refractivity contribution in [3.63, 3.8) is 0 Å². The van der Waals surface area contributed by atoms with Crippen molar-refractivity contribution >= 4 is 10.9 Å². The molecule has 2 aromatic rings. The van der Waals surface area contributed by atoms with E-state index in [0.29, 0.717) is 31.7 Å². The summed E-state index contributed by atoms with van der Waals surface area (Å²) in [6.07, 6.45) is 0.127. The second kappa shape index (κ2) is 7.19. The number of aliphatic hydroxyl groups excluding tert-OH is 1. The van der Waals surface area contributed by atoms with Gasteiger partial charge >= 0.3 is 0 Å². The Morgan fingerprint density at radius 1 is 1.40 bits per heavy atom. The van der Waals surface area contributed by atoms with Crippen molar-refractivity contribution in [1.29, 1.82) is 0 Å². The molecule has 1 atom stereocenters. The summed E-state index contributed by atoms with van der Waals surface area (Å²) < 4.78 is 4.85. The first-order valence-electron chi connectivity index (χ1n) is 6.69. The van der Waals surface area contributed by atoms with Gasteiger partial charge in [-0.25, -0.2) is 0 Å². The standard InChI is InChI=1S/C15H20N2O3/c1-20-10-13(18)6-7-16-9-12-8-11-4-2-3-5-14(11)17-15(12)19/h2-5,8,13,16,18H,6-7,9-10H2,1H3,(H,17,19). The van der Waals surface area contributed by atoms with Gasteiger partial charge in [0, 0.05) is 24.7 Å². The molecule has 0 spiro atoms. The lowest BCUT2D eigenvalue weighted by molar-refractivity contribution is 0.0594. The number of aliphatic hydroxyl groups is 1. The van der Waals surface area contributed by atoms with Crippen LogP contribution in [-0.4, -0.2) is 36.5 Å². The van der Waals surface area contributed by atoms with Crippen LogP contribution in [0.3, 0.4) is 0 Å². The highest BCUT2D eigenvalue weighted by Gasteiger charge is 2.04. The summed E-state index contributed by atoms with van der Waals surface area (Å²) in [5.41, 5.74) is 1.47. The van der Waals surface area contributed by atoms with Gasteiger partial charge in [0.1, 0.15) is 0 Å². The molecule has 108 valence electrons. The monoisotopic (exact) mass is 276 g/mol. The Kier molecular flexibility index (Phi) is 5.29. The van der Waals surface area contributed by atoms with Gasteiger partial charge in [0.25, 0.3) is 5.56 Å². The number of ether oxygens (including phenoxy) is 1. The molecule has 1 aromatic heterocycles. The van der Waals surface area contributed by atoms with E-state index in [4.69, 9.17) is 4.74 Å². The van der Waals surface area contributed by atoms with Crippen molar-refractivity contribution in [2.24, 2.45) is 0 Å². The molecule has 1 unspecified atom stereocenters. The number of hydrogen-bond donors (Lipinski definition) is 3. The van der Waals surface area contributed by atoms with Gasteiger partial charge in [-0.15, -0.1) is 0 Å². The third-order valence-corrected chi connectivity index (χ3v) is 3.16. The van der Waals surface area contributed by atoms with Gasteiger partial charge in [0.05, 0.1) is 12.7 Å². The van der Waals surface area contributed by atoms with Crippen molar-refractivity contribution in [2.45, 2.75) is 19.1 Å². The average Bonchev–Trinajstić information content (AvgIpc) is 2.44. The van der Waals surface area contributed by atoms with Crippen LogP contribution in [0.5, 0.6) is 0 Å². The third kappa shape index (κ3) is 3.90. The number of para-hydroxylation sites is 1. The Labute approximate surface area is 117 Å². The van der Waals surface area contributed by atoms with Crippen LogP contribution >= 0.6 is 0 Å². The highest BCUT2D eigenvalue weighted by Crippen LogP contribution is 2.09. The van der Waals surface area contributed by atoms with Gasteiger partial charge < -0.3 is 20.1 Å². The van der Waals surface area contributed by atoms with Crippen molar-refractivity contribution in [3.8, 4) is 0 Å². The van der Waals surface area contributed by atoms with E-state index in [1.54, 1.807) is 7.11 Å². The minimum absolute atomic E-state index is 0.0753. The number of rotatable bonds is 7. The molecule has 0 amide bonds. The maximum Gasteiger partial charge on any atom is 0.252 e. The Morgan fingerprint density at radius 2 is 2.20 bits per heavy atom. The van der Waals surface area contributed by atoms with Crippen molar-refractivity contribution in [1.82, 2.24) is 10.3 Å². The number of nitrogens with one attached hydrogen (secondary N) is 2. The fraction of sp³-hybridized carbons (Fsp3) is 0.400. The van der Waals surface area contributed by atoms with E-state index >= 15 is 0 Å². The molecule has 2 rings (SSSR count). The number of benzene rings is 1. The lowest BCUT2D eigenvalue weighted by Gasteiger charge is -2.10. The molecule has 0 saturated heterocycles. The molecule has 1 aromatic carbocycles. The van der Waals surface area contributed by atoms with Crippen molar-refractivity contribution in [3.05, 3.63) is 46.2 Å². The van der Waals surface area contributed by atoms with Crippen molar-refractivity contribution < 1.29 is 9.84 Å². The van der Waals surface area contributed by atoms with E-state index in [0.717, 1.165) is 10.9 Å². The van der Waals surface area contributed by atoms with E-state index in [9.17, 15) is 9.90 Å². The maximum absolute atomic E-state index is 11.9. The number of H-pyrrole nitrogens is 1. The van der Waals surface area contributed by atoms with Gasteiger partial charge in [0.2, 0.25) is 0 Å². The molecular weight excluding hydrogens is 256 g/mol. The number of aromatic nitrogens is 1. The minimum Gasteiger partial charge on any atom is -0.391 e. The average molecular weight is 276 g/mol. The van der Waals surface area contributed by atoms with Crippen LogP contribution in [0.15, 0.2) is 35.1 Å². The first kappa shape index (κ1) is 14.7. The van der Waals surface area contributed by atoms with Crippen LogP contribution in [0.25, 0.3) is 10.9 Å². The SMILES string of the molecule is COCC(O)CCNCc1cc2ccccc2[nH]c1=O. The molecule has 0 aliphatic rings. The second-order valence-electron chi connectivity index (χ2n) is 4.79. The Hall–Kier alpha value is -1.69. The number of aromatic amines is 1. The Morgan fingerprint density at radius 3 is 3.00 bits per heavy atom. The van der Waals surface area contributed by atoms with E-state index in [-0.39, 0.29) is 5.56 Å². The Bertz CT molecular complexity index is 609. The van der Waals surface area contributed by atoms with Gasteiger partial charge in [0.15, 0.2) is 0 Å². The maximum atomic E-state index is 11.9. The molecule has 0 aliphatic carbocycles. The highest BCUT2D eigenvalue weighted by molar-refractivity contribution is 5.78. The fourth-order valence-corrected chi connectivity index (χ4v) is 2.09. The predicted molar refractivity (Wildman–Crippen MR) is 78.8 cm³/mol. The zero-order valence-corrected chi connectivity index (χ0v) is 11.6. The van der Waals surface area contributed by atoms with Crippen LogP contribution < -0.4 is 10.9 Å². The predicted octanol–water partition coefficient (Wildman–Crippen LogP) is 1.02. The number of fused-ring (bicyclic) bond motifs is 1. The quantitative estimate of drug-likeness (QED) is 0.660. The van der Waals surface area contributed by atoms with Crippen LogP contribution in [-0.2, 0) is 11.3 Å². The molecule has 0 radical (unpaired) electrons. The summed E-state index contributed by atoms with van der Waals surface area (Å²) in [5, 5.41) is 13.7. The number of methoxy groups -OCH3 is 1. The smallest absolute Gasteiger partial charge is 0.252 e. The van der Waals surface area contributed by atoms with Gasteiger partial charge in [-0.3, -0.25) is 4.79 Å². The van der Waals surface area contributed by atoms with Crippen LogP contribution in [0.2, 0.25) is 0 Å². The second-order valence-corrected chi connectivity index (χ2v) is 4.79. The molecule has 0 aliphatic heterocycles. The van der Waals surface area contributed by atoms with Gasteiger partial charge in [-0.05, 0) is 30.5 Å². The molecule has 5 heteroatoms. The zero-order chi connectivity index (χ0) is 14.4. The molecule has 20 heavy (non-hydrogen) atoms. The summed E-state index contributed by atoms with van der Waals surface area (Å²) in [4.78, 5) is 14.8. The van der Waals surface area contributed by atoms with E-state index in [1.165, 1.54) is 0 Å². The number of hydrogen-bond acceptors (Lipinski definition) is 4. The summed E-state index contributed by atoms with van der Waals surface area (Å²) in [6.45, 7) is 1.45. The summed E-state index contributed by atoms with van der Waals surface area (Å²) in [6, 6.07) is 9.59. The normalized spacial score (nSPS) is 12.7. The minimum atomic E-state index is -0.470. The molecule has 0 bridgehead atoms. The summed E-state index contributed by atoms with van der Waals surface area (Å²) >= 11 is 0. The summed E-state index contributed by atoms with van der Waals surface area (Å²) in [7, 11) is 1.56. The van der Waals surface area contributed by atoms with Gasteiger partial charge in [-0.1, -0.05) is 18.2 Å². The topological polar surface area (TPSA) is 74.3 Å².